The van der Waals surface area contributed by atoms with Gasteiger partial charge in [-0.3, -0.25) is 4.79 Å². The number of nitrogens with zero attached hydrogens (tertiary/aromatic N) is 3. The van der Waals surface area contributed by atoms with Crippen LogP contribution in [0.2, 0.25) is 0 Å². The molecule has 31 heavy (non-hydrogen) atoms. The molecule has 0 fully saturated rings. The zero-order valence-electron chi connectivity index (χ0n) is 16.7. The molecule has 0 spiro atoms. The summed E-state index contributed by atoms with van der Waals surface area (Å²) in [6.45, 7) is 5.39. The van der Waals surface area contributed by atoms with Gasteiger partial charge in [-0.15, -0.1) is 0 Å². The van der Waals surface area contributed by atoms with Crippen molar-refractivity contribution in [2.24, 2.45) is 5.10 Å². The third kappa shape index (κ3) is 3.11. The van der Waals surface area contributed by atoms with Crippen molar-refractivity contribution in [2.75, 3.05) is 5.01 Å². The molecule has 4 nitrogen and oxygen atoms in total. The number of aromatic nitrogens is 1. The lowest BCUT2D eigenvalue weighted by atomic mass is 10.1. The van der Waals surface area contributed by atoms with Gasteiger partial charge in [0.2, 0.25) is 5.82 Å². The SMILES string of the molecule is CC1=NN(c2c(F)c(F)c(F)c(F)c2F)C(=O)/C1=C\c1cn(C(C)C)c2ccccc12. The van der Waals surface area contributed by atoms with Crippen LogP contribution < -0.4 is 5.01 Å². The molecule has 2 aromatic carbocycles. The Morgan fingerprint density at radius 1 is 0.935 bits per heavy atom. The molecular formula is C22H16F5N3O. The van der Waals surface area contributed by atoms with Crippen molar-refractivity contribution in [3.8, 4) is 0 Å². The molecule has 0 bridgehead atoms. The maximum Gasteiger partial charge on any atom is 0.280 e. The van der Waals surface area contributed by atoms with E-state index in [2.05, 4.69) is 5.10 Å². The largest absolute Gasteiger partial charge is 0.344 e. The van der Waals surface area contributed by atoms with Crippen LogP contribution in [0.4, 0.5) is 27.6 Å². The molecule has 9 heteroatoms. The quantitative estimate of drug-likeness (QED) is 0.225. The molecule has 160 valence electrons. The third-order valence-corrected chi connectivity index (χ3v) is 5.09. The predicted octanol–water partition coefficient (Wildman–Crippen LogP) is 5.72. The topological polar surface area (TPSA) is 37.6 Å². The van der Waals surface area contributed by atoms with Crippen LogP contribution >= 0.6 is 0 Å². The first kappa shape index (κ1) is 20.8. The second-order valence-corrected chi connectivity index (χ2v) is 7.38. The van der Waals surface area contributed by atoms with Gasteiger partial charge in [0.15, 0.2) is 23.3 Å². The summed E-state index contributed by atoms with van der Waals surface area (Å²) >= 11 is 0. The number of benzene rings is 2. The van der Waals surface area contributed by atoms with Crippen LogP contribution in [0.5, 0.6) is 0 Å². The number of halogens is 5. The summed E-state index contributed by atoms with van der Waals surface area (Å²) in [5, 5.41) is 4.80. The molecule has 0 radical (unpaired) electrons. The van der Waals surface area contributed by atoms with Gasteiger partial charge in [-0.05, 0) is 32.9 Å². The minimum atomic E-state index is -2.30. The van der Waals surface area contributed by atoms with E-state index in [4.69, 9.17) is 0 Å². The molecule has 0 atom stereocenters. The number of hydrazone groups is 1. The molecule has 0 saturated heterocycles. The van der Waals surface area contributed by atoms with Gasteiger partial charge in [-0.1, -0.05) is 18.2 Å². The van der Waals surface area contributed by atoms with Crippen LogP contribution in [0.15, 0.2) is 41.1 Å². The number of carbonyl (C=O) groups is 1. The van der Waals surface area contributed by atoms with E-state index in [0.29, 0.717) is 5.56 Å². The predicted molar refractivity (Wildman–Crippen MR) is 107 cm³/mol. The number of carbonyl (C=O) groups excluding carboxylic acids is 1. The summed E-state index contributed by atoms with van der Waals surface area (Å²) in [5.74, 6) is -11.8. The van der Waals surface area contributed by atoms with Crippen LogP contribution in [0.25, 0.3) is 17.0 Å². The Morgan fingerprint density at radius 2 is 1.52 bits per heavy atom. The van der Waals surface area contributed by atoms with Crippen molar-refractivity contribution in [1.29, 1.82) is 0 Å². The van der Waals surface area contributed by atoms with Crippen molar-refractivity contribution in [2.45, 2.75) is 26.8 Å². The lowest BCUT2D eigenvalue weighted by molar-refractivity contribution is -0.114. The standard InChI is InChI=1S/C22H16F5N3O/c1-10(2)29-9-12(13-6-4-5-7-15(13)29)8-14-11(3)28-30(22(14)31)21-19(26)17(24)16(23)18(25)20(21)27/h4-10H,1-3H3/b14-8-. The summed E-state index contributed by atoms with van der Waals surface area (Å²) in [4.78, 5) is 12.9. The molecule has 1 aliphatic heterocycles. The first-order valence-electron chi connectivity index (χ1n) is 9.36. The van der Waals surface area contributed by atoms with E-state index in [0.717, 1.165) is 10.9 Å². The van der Waals surface area contributed by atoms with Crippen molar-refractivity contribution in [3.05, 3.63) is 70.7 Å². The highest BCUT2D eigenvalue weighted by molar-refractivity contribution is 6.32. The number of fused-ring (bicyclic) bond motifs is 1. The van der Waals surface area contributed by atoms with Crippen LogP contribution in [0.1, 0.15) is 32.4 Å². The molecule has 2 heterocycles. The van der Waals surface area contributed by atoms with E-state index in [1.54, 1.807) is 0 Å². The molecule has 3 aromatic rings. The molecule has 1 aliphatic rings. The fourth-order valence-electron chi connectivity index (χ4n) is 3.54. The molecule has 4 rings (SSSR count). The monoisotopic (exact) mass is 433 g/mol. The fraction of sp³-hybridized carbons (Fsp3) is 0.182. The molecule has 0 saturated carbocycles. The number of hydrogen-bond acceptors (Lipinski definition) is 2. The number of amides is 1. The summed E-state index contributed by atoms with van der Waals surface area (Å²) in [6.07, 6.45) is 3.32. The highest BCUT2D eigenvalue weighted by Gasteiger charge is 2.37. The van der Waals surface area contributed by atoms with Crippen LogP contribution in [0.3, 0.4) is 0 Å². The molecule has 1 aromatic heterocycles. The van der Waals surface area contributed by atoms with E-state index in [-0.39, 0.29) is 22.3 Å². The first-order valence-corrected chi connectivity index (χ1v) is 9.36. The maximum absolute atomic E-state index is 14.2. The summed E-state index contributed by atoms with van der Waals surface area (Å²) in [7, 11) is 0. The molecule has 0 unspecified atom stereocenters. The second kappa shape index (κ2) is 7.33. The highest BCUT2D eigenvalue weighted by atomic mass is 19.2. The Kier molecular flexibility index (Phi) is 4.91. The average molecular weight is 433 g/mol. The molecule has 0 aliphatic carbocycles. The summed E-state index contributed by atoms with van der Waals surface area (Å²) in [6, 6.07) is 7.59. The Labute approximate surface area is 173 Å². The van der Waals surface area contributed by atoms with Crippen molar-refractivity contribution in [3.63, 3.8) is 0 Å². The molecule has 0 N–H and O–H groups in total. The van der Waals surface area contributed by atoms with Crippen LogP contribution in [-0.4, -0.2) is 16.2 Å². The number of para-hydroxylation sites is 1. The van der Waals surface area contributed by atoms with Gasteiger partial charge < -0.3 is 4.57 Å². The average Bonchev–Trinajstić information content (AvgIpc) is 3.24. The lowest BCUT2D eigenvalue weighted by Crippen LogP contribution is -2.25. The second-order valence-electron chi connectivity index (χ2n) is 7.38. The van der Waals surface area contributed by atoms with Crippen molar-refractivity contribution in [1.82, 2.24) is 4.57 Å². The van der Waals surface area contributed by atoms with Crippen molar-refractivity contribution < 1.29 is 26.7 Å². The Balaban J connectivity index is 1.84. The Morgan fingerprint density at radius 3 is 2.13 bits per heavy atom. The summed E-state index contributed by atoms with van der Waals surface area (Å²) in [5.41, 5.74) is 0.224. The normalized spacial score (nSPS) is 15.6. The number of rotatable bonds is 3. The van der Waals surface area contributed by atoms with Gasteiger partial charge in [0.25, 0.3) is 5.91 Å². The highest BCUT2D eigenvalue weighted by Crippen LogP contribution is 2.35. The van der Waals surface area contributed by atoms with E-state index in [1.165, 1.54) is 13.0 Å². The smallest absolute Gasteiger partial charge is 0.280 e. The zero-order valence-corrected chi connectivity index (χ0v) is 16.7. The van der Waals surface area contributed by atoms with Crippen molar-refractivity contribution >= 4 is 34.3 Å². The minimum absolute atomic E-state index is 0.0180. The Hall–Kier alpha value is -3.49. The molecule has 1 amide bonds. The van der Waals surface area contributed by atoms with Gasteiger partial charge in [0.05, 0.1) is 11.3 Å². The fourth-order valence-corrected chi connectivity index (χ4v) is 3.54. The number of anilines is 1. The summed E-state index contributed by atoms with van der Waals surface area (Å²) < 4.78 is 71.0. The van der Waals surface area contributed by atoms with Gasteiger partial charge >= 0.3 is 0 Å². The third-order valence-electron chi connectivity index (χ3n) is 5.09. The van der Waals surface area contributed by atoms with E-state index in [1.807, 2.05) is 48.9 Å². The van der Waals surface area contributed by atoms with Gasteiger partial charge in [0, 0.05) is 28.7 Å². The van der Waals surface area contributed by atoms with Crippen LogP contribution in [-0.2, 0) is 4.79 Å². The first-order chi connectivity index (χ1) is 14.6. The van der Waals surface area contributed by atoms with E-state index >= 15 is 0 Å². The molecular weight excluding hydrogens is 417 g/mol. The Bertz CT molecular complexity index is 1280. The van der Waals surface area contributed by atoms with Gasteiger partial charge in [-0.2, -0.15) is 10.1 Å². The lowest BCUT2D eigenvalue weighted by Gasteiger charge is -2.15. The zero-order chi connectivity index (χ0) is 22.6. The maximum atomic E-state index is 14.2. The minimum Gasteiger partial charge on any atom is -0.344 e. The van der Waals surface area contributed by atoms with E-state index < -0.39 is 40.7 Å². The number of hydrogen-bond donors (Lipinski definition) is 0. The van der Waals surface area contributed by atoms with Crippen LogP contribution in [0, 0.1) is 29.1 Å². The van der Waals surface area contributed by atoms with E-state index in [9.17, 15) is 26.7 Å². The van der Waals surface area contributed by atoms with Gasteiger partial charge in [-0.25, -0.2) is 22.0 Å². The van der Waals surface area contributed by atoms with Gasteiger partial charge in [0.1, 0.15) is 5.69 Å².